The first-order valence-corrected chi connectivity index (χ1v) is 6.05. The predicted octanol–water partition coefficient (Wildman–Crippen LogP) is 1.92. The summed E-state index contributed by atoms with van der Waals surface area (Å²) in [6.07, 6.45) is 3.10. The molecule has 3 rings (SSSR count). The molecule has 1 aromatic carbocycles. The number of nitrogens with two attached hydrogens (primary N) is 1. The Morgan fingerprint density at radius 1 is 1.20 bits per heavy atom. The monoisotopic (exact) mass is 267 g/mol. The van der Waals surface area contributed by atoms with Crippen LogP contribution in [0, 0.1) is 0 Å². The summed E-state index contributed by atoms with van der Waals surface area (Å²) < 4.78 is 6.91. The van der Waals surface area contributed by atoms with Gasteiger partial charge in [-0.05, 0) is 12.1 Å². The van der Waals surface area contributed by atoms with Gasteiger partial charge in [0.25, 0.3) is 0 Å². The number of rotatable bonds is 3. The van der Waals surface area contributed by atoms with Crippen LogP contribution in [0.4, 0.5) is 5.82 Å². The molecular formula is C14H13N5O. The zero-order valence-corrected chi connectivity index (χ0v) is 10.9. The van der Waals surface area contributed by atoms with E-state index < -0.39 is 0 Å². The van der Waals surface area contributed by atoms with Gasteiger partial charge in [-0.3, -0.25) is 0 Å². The third-order valence-electron chi connectivity index (χ3n) is 2.90. The molecule has 0 fully saturated rings. The molecule has 2 aromatic heterocycles. The molecule has 0 aliphatic heterocycles. The quantitative estimate of drug-likeness (QED) is 0.784. The maximum atomic E-state index is 6.00. The second-order valence-corrected chi connectivity index (χ2v) is 4.13. The number of ether oxygens (including phenoxy) is 1. The van der Waals surface area contributed by atoms with Gasteiger partial charge < -0.3 is 10.5 Å². The second kappa shape index (κ2) is 5.00. The Bertz CT molecular complexity index is 723. The summed E-state index contributed by atoms with van der Waals surface area (Å²) in [5, 5.41) is 4.48. The number of anilines is 1. The zero-order chi connectivity index (χ0) is 13.9. The van der Waals surface area contributed by atoms with Crippen LogP contribution in [0.15, 0.2) is 48.9 Å². The van der Waals surface area contributed by atoms with E-state index in [0.717, 1.165) is 17.0 Å². The molecule has 0 spiro atoms. The lowest BCUT2D eigenvalue weighted by Crippen LogP contribution is -2.03. The van der Waals surface area contributed by atoms with Crippen molar-refractivity contribution in [3.8, 4) is 22.8 Å². The smallest absolute Gasteiger partial charge is 0.159 e. The summed E-state index contributed by atoms with van der Waals surface area (Å²) >= 11 is 0. The van der Waals surface area contributed by atoms with Gasteiger partial charge in [-0.15, -0.1) is 0 Å². The topological polar surface area (TPSA) is 78.9 Å². The van der Waals surface area contributed by atoms with Gasteiger partial charge in [0.15, 0.2) is 5.82 Å². The lowest BCUT2D eigenvalue weighted by molar-refractivity contribution is 0.416. The highest BCUT2D eigenvalue weighted by Crippen LogP contribution is 2.30. The number of nitrogen functional groups attached to an aromatic ring is 1. The number of aromatic nitrogens is 4. The molecule has 0 radical (unpaired) electrons. The minimum atomic E-state index is 0.504. The number of nitrogens with zero attached hydrogens (tertiary/aromatic N) is 4. The number of hydrogen-bond donors (Lipinski definition) is 1. The Hall–Kier alpha value is -2.89. The molecule has 6 heteroatoms. The first kappa shape index (κ1) is 12.2. The largest absolute Gasteiger partial charge is 0.496 e. The maximum Gasteiger partial charge on any atom is 0.159 e. The zero-order valence-electron chi connectivity index (χ0n) is 10.9. The van der Waals surface area contributed by atoms with Crippen LogP contribution in [-0.4, -0.2) is 26.9 Å². The van der Waals surface area contributed by atoms with Gasteiger partial charge in [0.1, 0.15) is 17.9 Å². The predicted molar refractivity (Wildman–Crippen MR) is 75.6 cm³/mol. The summed E-state index contributed by atoms with van der Waals surface area (Å²) in [7, 11) is 1.63. The fourth-order valence-electron chi connectivity index (χ4n) is 1.98. The van der Waals surface area contributed by atoms with E-state index in [-0.39, 0.29) is 0 Å². The average molecular weight is 267 g/mol. The number of benzene rings is 1. The standard InChI is InChI=1S/C14H13N5O/c1-20-12-5-3-2-4-10(12)11-8-13(15)19(18-11)14-6-7-16-9-17-14/h2-9H,15H2,1H3. The molecule has 2 heterocycles. The van der Waals surface area contributed by atoms with Crippen molar-refractivity contribution >= 4 is 5.82 Å². The van der Waals surface area contributed by atoms with E-state index in [4.69, 9.17) is 10.5 Å². The van der Waals surface area contributed by atoms with Crippen LogP contribution in [0.5, 0.6) is 5.75 Å². The highest BCUT2D eigenvalue weighted by atomic mass is 16.5. The van der Waals surface area contributed by atoms with Crippen molar-refractivity contribution < 1.29 is 4.74 Å². The Balaban J connectivity index is 2.09. The van der Waals surface area contributed by atoms with E-state index in [0.29, 0.717) is 11.6 Å². The molecule has 0 saturated heterocycles. The summed E-state index contributed by atoms with van der Waals surface area (Å²) in [4.78, 5) is 8.02. The van der Waals surface area contributed by atoms with Crippen LogP contribution >= 0.6 is 0 Å². The Morgan fingerprint density at radius 2 is 2.05 bits per heavy atom. The number of hydrogen-bond acceptors (Lipinski definition) is 5. The van der Waals surface area contributed by atoms with Crippen LogP contribution in [-0.2, 0) is 0 Å². The second-order valence-electron chi connectivity index (χ2n) is 4.13. The summed E-state index contributed by atoms with van der Waals surface area (Å²) in [6.45, 7) is 0. The highest BCUT2D eigenvalue weighted by molar-refractivity contribution is 5.69. The third kappa shape index (κ3) is 2.07. The fourth-order valence-corrected chi connectivity index (χ4v) is 1.98. The summed E-state index contributed by atoms with van der Waals surface area (Å²) in [6, 6.07) is 11.2. The third-order valence-corrected chi connectivity index (χ3v) is 2.90. The molecule has 100 valence electrons. The van der Waals surface area contributed by atoms with Gasteiger partial charge in [0, 0.05) is 23.9 Å². The van der Waals surface area contributed by atoms with Gasteiger partial charge in [0.2, 0.25) is 0 Å². The van der Waals surface area contributed by atoms with Gasteiger partial charge in [-0.2, -0.15) is 9.78 Å². The molecule has 3 aromatic rings. The minimum absolute atomic E-state index is 0.504. The molecule has 0 aliphatic rings. The Labute approximate surface area is 115 Å². The lowest BCUT2D eigenvalue weighted by Gasteiger charge is -2.05. The molecule has 0 amide bonds. The summed E-state index contributed by atoms with van der Waals surface area (Å²) in [5.74, 6) is 1.88. The van der Waals surface area contributed by atoms with Crippen LogP contribution in [0.2, 0.25) is 0 Å². The maximum absolute atomic E-state index is 6.00. The van der Waals surface area contributed by atoms with Crippen LogP contribution in [0.25, 0.3) is 17.1 Å². The normalized spacial score (nSPS) is 10.4. The van der Waals surface area contributed by atoms with E-state index in [1.54, 1.807) is 30.1 Å². The van der Waals surface area contributed by atoms with E-state index in [1.165, 1.54) is 6.33 Å². The van der Waals surface area contributed by atoms with Crippen molar-refractivity contribution in [3.05, 3.63) is 48.9 Å². The number of methoxy groups -OCH3 is 1. The van der Waals surface area contributed by atoms with E-state index >= 15 is 0 Å². The molecule has 0 unspecified atom stereocenters. The first-order valence-electron chi connectivity index (χ1n) is 6.05. The van der Waals surface area contributed by atoms with Gasteiger partial charge in [-0.25, -0.2) is 9.97 Å². The van der Waals surface area contributed by atoms with Crippen LogP contribution in [0.3, 0.4) is 0 Å². The number of para-hydroxylation sites is 1. The fraction of sp³-hybridized carbons (Fsp3) is 0.0714. The van der Waals surface area contributed by atoms with Crippen molar-refractivity contribution in [2.45, 2.75) is 0 Å². The van der Waals surface area contributed by atoms with E-state index in [2.05, 4.69) is 15.1 Å². The van der Waals surface area contributed by atoms with Gasteiger partial charge in [-0.1, -0.05) is 12.1 Å². The van der Waals surface area contributed by atoms with Crippen LogP contribution in [0.1, 0.15) is 0 Å². The molecule has 0 atom stereocenters. The van der Waals surface area contributed by atoms with Crippen molar-refractivity contribution in [1.82, 2.24) is 19.7 Å². The van der Waals surface area contributed by atoms with Crippen LogP contribution < -0.4 is 10.5 Å². The SMILES string of the molecule is COc1ccccc1-c1cc(N)n(-c2ccncn2)n1. The molecule has 0 bridgehead atoms. The molecule has 20 heavy (non-hydrogen) atoms. The Kier molecular flexibility index (Phi) is 3.04. The van der Waals surface area contributed by atoms with Gasteiger partial charge in [0.05, 0.1) is 12.8 Å². The molecule has 2 N–H and O–H groups in total. The minimum Gasteiger partial charge on any atom is -0.496 e. The molecule has 0 saturated carbocycles. The van der Waals surface area contributed by atoms with Crippen molar-refractivity contribution in [2.24, 2.45) is 0 Å². The summed E-state index contributed by atoms with van der Waals surface area (Å²) in [5.41, 5.74) is 7.62. The lowest BCUT2D eigenvalue weighted by atomic mass is 10.1. The van der Waals surface area contributed by atoms with E-state index in [1.807, 2.05) is 24.3 Å². The van der Waals surface area contributed by atoms with E-state index in [9.17, 15) is 0 Å². The highest BCUT2D eigenvalue weighted by Gasteiger charge is 2.12. The Morgan fingerprint density at radius 3 is 2.80 bits per heavy atom. The average Bonchev–Trinajstić information content (AvgIpc) is 2.90. The molecular weight excluding hydrogens is 254 g/mol. The van der Waals surface area contributed by atoms with Crippen molar-refractivity contribution in [1.29, 1.82) is 0 Å². The molecule has 0 aliphatic carbocycles. The van der Waals surface area contributed by atoms with Crippen molar-refractivity contribution in [3.63, 3.8) is 0 Å². The first-order chi connectivity index (χ1) is 9.79. The van der Waals surface area contributed by atoms with Gasteiger partial charge >= 0.3 is 0 Å². The molecule has 6 nitrogen and oxygen atoms in total. The van der Waals surface area contributed by atoms with Crippen molar-refractivity contribution in [2.75, 3.05) is 12.8 Å².